The normalized spacial score (nSPS) is 11.4. The van der Waals surface area contributed by atoms with E-state index in [1.807, 2.05) is 31.2 Å². The Morgan fingerprint density at radius 2 is 1.59 bits per heavy atom. The zero-order valence-electron chi connectivity index (χ0n) is 16.5. The average molecular weight is 409 g/mol. The van der Waals surface area contributed by atoms with E-state index in [0.717, 1.165) is 16.7 Å². The molecule has 6 heteroatoms. The Bertz CT molecular complexity index is 1080. The highest BCUT2D eigenvalue weighted by atomic mass is 32.2. The molecule has 0 saturated heterocycles. The highest BCUT2D eigenvalue weighted by Crippen LogP contribution is 2.16. The molecule has 0 atom stereocenters. The third kappa shape index (κ3) is 5.31. The molecule has 150 valence electrons. The van der Waals surface area contributed by atoms with Crippen molar-refractivity contribution in [1.82, 2.24) is 9.62 Å². The van der Waals surface area contributed by atoms with Crippen LogP contribution in [0.2, 0.25) is 0 Å². The van der Waals surface area contributed by atoms with Gasteiger partial charge in [0.1, 0.15) is 0 Å². The molecule has 1 N–H and O–H groups in total. The topological polar surface area (TPSA) is 66.5 Å². The largest absolute Gasteiger partial charge is 0.348 e. The summed E-state index contributed by atoms with van der Waals surface area (Å²) in [4.78, 5) is 12.6. The third-order valence-electron chi connectivity index (χ3n) is 4.61. The van der Waals surface area contributed by atoms with Gasteiger partial charge in [-0.25, -0.2) is 8.42 Å². The quantitative estimate of drug-likeness (QED) is 0.648. The van der Waals surface area contributed by atoms with Gasteiger partial charge in [0.15, 0.2) is 0 Å². The standard InChI is InChI=1S/C23H24N2O3S/c1-18-7-6-8-20(15-18)16-24-23(26)21-13-11-19(12-14-21)17-25(2)29(27,28)22-9-4-3-5-10-22/h3-15H,16-17H2,1-2H3,(H,24,26). The summed E-state index contributed by atoms with van der Waals surface area (Å²) in [5.41, 5.74) is 3.54. The van der Waals surface area contributed by atoms with E-state index in [9.17, 15) is 13.2 Å². The molecule has 1 amide bonds. The van der Waals surface area contributed by atoms with Crippen LogP contribution in [0.5, 0.6) is 0 Å². The van der Waals surface area contributed by atoms with Crippen molar-refractivity contribution < 1.29 is 13.2 Å². The minimum Gasteiger partial charge on any atom is -0.348 e. The van der Waals surface area contributed by atoms with E-state index < -0.39 is 10.0 Å². The maximum absolute atomic E-state index is 12.6. The van der Waals surface area contributed by atoms with Crippen LogP contribution in [0, 0.1) is 6.92 Å². The van der Waals surface area contributed by atoms with Crippen molar-refractivity contribution in [3.05, 3.63) is 101 Å². The van der Waals surface area contributed by atoms with Crippen LogP contribution in [-0.2, 0) is 23.1 Å². The maximum atomic E-state index is 12.6. The van der Waals surface area contributed by atoms with Crippen molar-refractivity contribution in [2.24, 2.45) is 0 Å². The second-order valence-electron chi connectivity index (χ2n) is 6.94. The van der Waals surface area contributed by atoms with Gasteiger partial charge in [-0.15, -0.1) is 0 Å². The predicted molar refractivity (Wildman–Crippen MR) is 114 cm³/mol. The Balaban J connectivity index is 1.61. The first-order chi connectivity index (χ1) is 13.9. The molecule has 0 saturated carbocycles. The van der Waals surface area contributed by atoms with Gasteiger partial charge in [0.05, 0.1) is 4.90 Å². The number of aryl methyl sites for hydroxylation is 1. The molecule has 0 aliphatic carbocycles. The number of sulfonamides is 1. The van der Waals surface area contributed by atoms with Crippen molar-refractivity contribution in [2.45, 2.75) is 24.9 Å². The van der Waals surface area contributed by atoms with Gasteiger partial charge in [0.25, 0.3) is 5.91 Å². The van der Waals surface area contributed by atoms with Crippen molar-refractivity contribution in [3.8, 4) is 0 Å². The van der Waals surface area contributed by atoms with E-state index in [0.29, 0.717) is 12.1 Å². The molecule has 0 unspecified atom stereocenters. The number of carbonyl (C=O) groups is 1. The van der Waals surface area contributed by atoms with E-state index in [4.69, 9.17) is 0 Å². The second-order valence-corrected chi connectivity index (χ2v) is 8.99. The van der Waals surface area contributed by atoms with Crippen molar-refractivity contribution in [1.29, 1.82) is 0 Å². The molecule has 0 heterocycles. The molecule has 0 bridgehead atoms. The minimum absolute atomic E-state index is 0.164. The molecule has 0 spiro atoms. The van der Waals surface area contributed by atoms with E-state index in [2.05, 4.69) is 5.32 Å². The monoisotopic (exact) mass is 408 g/mol. The first kappa shape index (κ1) is 20.8. The molecule has 0 aromatic heterocycles. The van der Waals surface area contributed by atoms with Crippen LogP contribution in [-0.4, -0.2) is 25.7 Å². The lowest BCUT2D eigenvalue weighted by Crippen LogP contribution is -2.26. The van der Waals surface area contributed by atoms with Crippen LogP contribution in [0.4, 0.5) is 0 Å². The maximum Gasteiger partial charge on any atom is 0.251 e. The summed E-state index contributed by atoms with van der Waals surface area (Å²) >= 11 is 0. The van der Waals surface area contributed by atoms with Crippen LogP contribution in [0.15, 0.2) is 83.8 Å². The van der Waals surface area contributed by atoms with Crippen LogP contribution >= 0.6 is 0 Å². The summed E-state index contributed by atoms with van der Waals surface area (Å²) in [7, 11) is -2.01. The molecular weight excluding hydrogens is 384 g/mol. The molecule has 3 aromatic carbocycles. The Kier molecular flexibility index (Phi) is 6.46. The highest BCUT2D eigenvalue weighted by molar-refractivity contribution is 7.89. The zero-order chi connectivity index (χ0) is 20.9. The zero-order valence-corrected chi connectivity index (χ0v) is 17.3. The van der Waals surface area contributed by atoms with Crippen molar-refractivity contribution in [3.63, 3.8) is 0 Å². The van der Waals surface area contributed by atoms with E-state index >= 15 is 0 Å². The number of nitrogens with one attached hydrogen (secondary N) is 1. The average Bonchev–Trinajstić information content (AvgIpc) is 2.73. The highest BCUT2D eigenvalue weighted by Gasteiger charge is 2.20. The minimum atomic E-state index is -3.55. The number of carbonyl (C=O) groups excluding carboxylic acids is 1. The lowest BCUT2D eigenvalue weighted by atomic mass is 10.1. The fourth-order valence-corrected chi connectivity index (χ4v) is 4.16. The predicted octanol–water partition coefficient (Wildman–Crippen LogP) is 3.75. The summed E-state index contributed by atoms with van der Waals surface area (Å²) in [5, 5.41) is 2.90. The first-order valence-electron chi connectivity index (χ1n) is 9.30. The summed E-state index contributed by atoms with van der Waals surface area (Å²) < 4.78 is 26.5. The number of hydrogen-bond donors (Lipinski definition) is 1. The Morgan fingerprint density at radius 1 is 0.897 bits per heavy atom. The smallest absolute Gasteiger partial charge is 0.251 e. The number of hydrogen-bond acceptors (Lipinski definition) is 3. The van der Waals surface area contributed by atoms with Gasteiger partial charge in [0, 0.05) is 25.7 Å². The van der Waals surface area contributed by atoms with Crippen LogP contribution < -0.4 is 5.32 Å². The Labute approximate surface area is 172 Å². The summed E-state index contributed by atoms with van der Waals surface area (Å²) in [6, 6.07) is 23.3. The Hall–Kier alpha value is -2.96. The summed E-state index contributed by atoms with van der Waals surface area (Å²) in [6.07, 6.45) is 0. The molecule has 0 aliphatic rings. The van der Waals surface area contributed by atoms with Gasteiger partial charge >= 0.3 is 0 Å². The van der Waals surface area contributed by atoms with Gasteiger partial charge in [-0.2, -0.15) is 4.31 Å². The fraction of sp³-hybridized carbons (Fsp3) is 0.174. The van der Waals surface area contributed by atoms with E-state index in [-0.39, 0.29) is 17.3 Å². The number of amides is 1. The molecule has 3 rings (SSSR count). The van der Waals surface area contributed by atoms with Crippen molar-refractivity contribution in [2.75, 3.05) is 7.05 Å². The molecule has 0 fully saturated rings. The lowest BCUT2D eigenvalue weighted by Gasteiger charge is -2.17. The van der Waals surface area contributed by atoms with Gasteiger partial charge in [0.2, 0.25) is 10.0 Å². The summed E-state index contributed by atoms with van der Waals surface area (Å²) in [6.45, 7) is 2.70. The van der Waals surface area contributed by atoms with E-state index in [1.165, 1.54) is 4.31 Å². The van der Waals surface area contributed by atoms with E-state index in [1.54, 1.807) is 61.6 Å². The fourth-order valence-electron chi connectivity index (χ4n) is 2.98. The van der Waals surface area contributed by atoms with Gasteiger partial charge in [-0.05, 0) is 42.3 Å². The molecule has 0 radical (unpaired) electrons. The third-order valence-corrected chi connectivity index (χ3v) is 6.43. The molecule has 29 heavy (non-hydrogen) atoms. The van der Waals surface area contributed by atoms with Crippen LogP contribution in [0.25, 0.3) is 0 Å². The molecule has 5 nitrogen and oxygen atoms in total. The second kappa shape index (κ2) is 9.03. The summed E-state index contributed by atoms with van der Waals surface area (Å²) in [5.74, 6) is -0.164. The van der Waals surface area contributed by atoms with Crippen LogP contribution in [0.3, 0.4) is 0 Å². The SMILES string of the molecule is Cc1cccc(CNC(=O)c2ccc(CN(C)S(=O)(=O)c3ccccc3)cc2)c1. The Morgan fingerprint density at radius 3 is 2.24 bits per heavy atom. The molecule has 0 aliphatic heterocycles. The first-order valence-corrected chi connectivity index (χ1v) is 10.7. The van der Waals surface area contributed by atoms with Gasteiger partial charge in [-0.1, -0.05) is 60.2 Å². The van der Waals surface area contributed by atoms with Crippen molar-refractivity contribution >= 4 is 15.9 Å². The van der Waals surface area contributed by atoms with Crippen LogP contribution in [0.1, 0.15) is 27.0 Å². The number of rotatable bonds is 7. The van der Waals surface area contributed by atoms with Gasteiger partial charge in [-0.3, -0.25) is 4.79 Å². The van der Waals surface area contributed by atoms with Gasteiger partial charge < -0.3 is 5.32 Å². The molecule has 3 aromatic rings. The number of nitrogens with zero attached hydrogens (tertiary/aromatic N) is 1. The number of benzene rings is 3. The molecular formula is C23H24N2O3S. The lowest BCUT2D eigenvalue weighted by molar-refractivity contribution is 0.0951.